The van der Waals surface area contributed by atoms with E-state index < -0.39 is 12.1 Å². The molecule has 1 rings (SSSR count). The Labute approximate surface area is 100 Å². The third kappa shape index (κ3) is 3.05. The van der Waals surface area contributed by atoms with E-state index in [9.17, 15) is 9.59 Å². The molecule has 1 heterocycles. The Hall–Kier alpha value is -1.85. The van der Waals surface area contributed by atoms with Crippen molar-refractivity contribution in [2.24, 2.45) is 0 Å². The Kier molecular flexibility index (Phi) is 4.25. The maximum absolute atomic E-state index is 11.8. The molecule has 17 heavy (non-hydrogen) atoms. The van der Waals surface area contributed by atoms with Crippen molar-refractivity contribution in [1.82, 2.24) is 20.2 Å². The van der Waals surface area contributed by atoms with Crippen molar-refractivity contribution in [1.29, 1.82) is 0 Å². The van der Waals surface area contributed by atoms with Crippen LogP contribution in [0.1, 0.15) is 31.3 Å². The van der Waals surface area contributed by atoms with Gasteiger partial charge in [-0.1, -0.05) is 0 Å². The maximum atomic E-state index is 11.8. The Morgan fingerprint density at radius 3 is 2.59 bits per heavy atom. The minimum absolute atomic E-state index is 0.351. The number of nitrogens with one attached hydrogen (secondary N) is 2. The molecule has 0 aromatic carbocycles. The first kappa shape index (κ1) is 13.2. The molecular weight excluding hydrogens is 220 g/mol. The molecule has 2 N–H and O–H groups in total. The SMILES string of the molecule is CCNC(=O)NC(=O)C(C)n1cnc(C)c1C. The van der Waals surface area contributed by atoms with E-state index in [1.165, 1.54) is 0 Å². The zero-order chi connectivity index (χ0) is 13.0. The van der Waals surface area contributed by atoms with Crippen molar-refractivity contribution in [2.75, 3.05) is 6.54 Å². The lowest BCUT2D eigenvalue weighted by atomic mass is 10.3. The van der Waals surface area contributed by atoms with Crippen molar-refractivity contribution in [3.05, 3.63) is 17.7 Å². The lowest BCUT2D eigenvalue weighted by Gasteiger charge is -2.14. The second kappa shape index (κ2) is 5.47. The summed E-state index contributed by atoms with van der Waals surface area (Å²) in [7, 11) is 0. The average molecular weight is 238 g/mol. The van der Waals surface area contributed by atoms with E-state index in [0.717, 1.165) is 11.4 Å². The first-order valence-corrected chi connectivity index (χ1v) is 5.56. The van der Waals surface area contributed by atoms with Crippen LogP contribution in [0.15, 0.2) is 6.33 Å². The number of aromatic nitrogens is 2. The van der Waals surface area contributed by atoms with Crippen molar-refractivity contribution >= 4 is 11.9 Å². The van der Waals surface area contributed by atoms with Crippen LogP contribution >= 0.6 is 0 Å². The highest BCUT2D eigenvalue weighted by Crippen LogP contribution is 2.12. The first-order chi connectivity index (χ1) is 7.97. The van der Waals surface area contributed by atoms with Crippen LogP contribution in [0.4, 0.5) is 4.79 Å². The topological polar surface area (TPSA) is 76.0 Å². The molecule has 0 bridgehead atoms. The molecule has 0 spiro atoms. The lowest BCUT2D eigenvalue weighted by Crippen LogP contribution is -2.42. The molecule has 0 fully saturated rings. The maximum Gasteiger partial charge on any atom is 0.321 e. The number of rotatable bonds is 3. The van der Waals surface area contributed by atoms with Crippen LogP contribution in [0.2, 0.25) is 0 Å². The zero-order valence-electron chi connectivity index (χ0n) is 10.6. The average Bonchev–Trinajstić information content (AvgIpc) is 2.59. The van der Waals surface area contributed by atoms with Crippen LogP contribution in [0.25, 0.3) is 0 Å². The summed E-state index contributed by atoms with van der Waals surface area (Å²) in [6.45, 7) is 7.76. The highest BCUT2D eigenvalue weighted by molar-refractivity contribution is 5.96. The fourth-order valence-electron chi connectivity index (χ4n) is 1.45. The van der Waals surface area contributed by atoms with Gasteiger partial charge in [-0.15, -0.1) is 0 Å². The standard InChI is InChI=1S/C11H18N4O2/c1-5-12-11(17)14-10(16)9(4)15-6-13-7(2)8(15)3/h6,9H,5H2,1-4H3,(H2,12,14,16,17). The van der Waals surface area contributed by atoms with Crippen molar-refractivity contribution < 1.29 is 9.59 Å². The minimum atomic E-state index is -0.473. The summed E-state index contributed by atoms with van der Waals surface area (Å²) >= 11 is 0. The van der Waals surface area contributed by atoms with Gasteiger partial charge in [0, 0.05) is 12.2 Å². The molecule has 0 saturated heterocycles. The molecular formula is C11H18N4O2. The monoisotopic (exact) mass is 238 g/mol. The molecule has 1 aromatic rings. The fraction of sp³-hybridized carbons (Fsp3) is 0.545. The van der Waals surface area contributed by atoms with E-state index in [2.05, 4.69) is 15.6 Å². The summed E-state index contributed by atoms with van der Waals surface area (Å²) in [6.07, 6.45) is 1.60. The third-order valence-electron chi connectivity index (χ3n) is 2.66. The van der Waals surface area contributed by atoms with Crippen molar-refractivity contribution in [2.45, 2.75) is 33.7 Å². The Balaban J connectivity index is 2.70. The molecule has 6 heteroatoms. The van der Waals surface area contributed by atoms with Gasteiger partial charge in [-0.05, 0) is 27.7 Å². The number of imide groups is 1. The number of nitrogens with zero attached hydrogens (tertiary/aromatic N) is 2. The van der Waals surface area contributed by atoms with E-state index in [4.69, 9.17) is 0 Å². The van der Waals surface area contributed by atoms with Crippen LogP contribution in [0.5, 0.6) is 0 Å². The van der Waals surface area contributed by atoms with Crippen molar-refractivity contribution in [3.8, 4) is 0 Å². The quantitative estimate of drug-likeness (QED) is 0.821. The summed E-state index contributed by atoms with van der Waals surface area (Å²) in [5, 5.41) is 4.78. The van der Waals surface area contributed by atoms with Crippen LogP contribution in [-0.4, -0.2) is 28.0 Å². The number of hydrogen-bond donors (Lipinski definition) is 2. The molecule has 0 saturated carbocycles. The summed E-state index contributed by atoms with van der Waals surface area (Å²) in [5.41, 5.74) is 1.80. The van der Waals surface area contributed by atoms with Gasteiger partial charge in [0.15, 0.2) is 0 Å². The lowest BCUT2D eigenvalue weighted by molar-refractivity contribution is -0.122. The second-order valence-electron chi connectivity index (χ2n) is 3.85. The van der Waals surface area contributed by atoms with Crippen LogP contribution in [-0.2, 0) is 4.79 Å². The zero-order valence-corrected chi connectivity index (χ0v) is 10.6. The highest BCUT2D eigenvalue weighted by atomic mass is 16.2. The van der Waals surface area contributed by atoms with Gasteiger partial charge in [-0.25, -0.2) is 9.78 Å². The van der Waals surface area contributed by atoms with E-state index >= 15 is 0 Å². The van der Waals surface area contributed by atoms with Gasteiger partial charge in [0.1, 0.15) is 6.04 Å². The Morgan fingerprint density at radius 1 is 1.47 bits per heavy atom. The van der Waals surface area contributed by atoms with E-state index in [-0.39, 0.29) is 5.91 Å². The molecule has 1 atom stereocenters. The van der Waals surface area contributed by atoms with Gasteiger partial charge in [0.2, 0.25) is 0 Å². The molecule has 1 aromatic heterocycles. The molecule has 0 aliphatic heterocycles. The summed E-state index contributed by atoms with van der Waals surface area (Å²) in [5.74, 6) is -0.351. The minimum Gasteiger partial charge on any atom is -0.338 e. The van der Waals surface area contributed by atoms with Crippen LogP contribution < -0.4 is 10.6 Å². The molecule has 0 aliphatic rings. The van der Waals surface area contributed by atoms with Crippen LogP contribution in [0, 0.1) is 13.8 Å². The predicted octanol–water partition coefficient (Wildman–Crippen LogP) is 0.907. The third-order valence-corrected chi connectivity index (χ3v) is 2.66. The summed E-state index contributed by atoms with van der Waals surface area (Å²) in [4.78, 5) is 27.1. The van der Waals surface area contributed by atoms with E-state index in [0.29, 0.717) is 6.54 Å². The van der Waals surface area contributed by atoms with Crippen LogP contribution in [0.3, 0.4) is 0 Å². The number of urea groups is 1. The number of carbonyl (C=O) groups is 2. The molecule has 3 amide bonds. The predicted molar refractivity (Wildman–Crippen MR) is 63.6 cm³/mol. The Bertz CT molecular complexity index is 425. The molecule has 0 aliphatic carbocycles. The second-order valence-corrected chi connectivity index (χ2v) is 3.85. The first-order valence-electron chi connectivity index (χ1n) is 5.56. The van der Waals surface area contributed by atoms with Gasteiger partial charge < -0.3 is 9.88 Å². The molecule has 1 unspecified atom stereocenters. The number of imidazole rings is 1. The van der Waals surface area contributed by atoms with E-state index in [1.807, 2.05) is 13.8 Å². The Morgan fingerprint density at radius 2 is 2.12 bits per heavy atom. The molecule has 94 valence electrons. The highest BCUT2D eigenvalue weighted by Gasteiger charge is 2.19. The normalized spacial score (nSPS) is 12.0. The van der Waals surface area contributed by atoms with Gasteiger partial charge in [0.05, 0.1) is 12.0 Å². The fourth-order valence-corrected chi connectivity index (χ4v) is 1.45. The molecule has 0 radical (unpaired) electrons. The van der Waals surface area contributed by atoms with Crippen molar-refractivity contribution in [3.63, 3.8) is 0 Å². The number of hydrogen-bond acceptors (Lipinski definition) is 3. The largest absolute Gasteiger partial charge is 0.338 e. The van der Waals surface area contributed by atoms with Gasteiger partial charge in [0.25, 0.3) is 5.91 Å². The van der Waals surface area contributed by atoms with E-state index in [1.54, 1.807) is 24.7 Å². The van der Waals surface area contributed by atoms with Gasteiger partial charge in [-0.2, -0.15) is 0 Å². The van der Waals surface area contributed by atoms with Gasteiger partial charge in [-0.3, -0.25) is 10.1 Å². The molecule has 6 nitrogen and oxygen atoms in total. The van der Waals surface area contributed by atoms with Gasteiger partial charge >= 0.3 is 6.03 Å². The smallest absolute Gasteiger partial charge is 0.321 e. The summed E-state index contributed by atoms with van der Waals surface area (Å²) < 4.78 is 1.74. The number of aryl methyl sites for hydroxylation is 1. The number of amides is 3. The number of carbonyl (C=O) groups excluding carboxylic acids is 2. The summed E-state index contributed by atoms with van der Waals surface area (Å²) in [6, 6.07) is -0.933.